The maximum absolute atomic E-state index is 6.67. The van der Waals surface area contributed by atoms with Gasteiger partial charge in [-0.25, -0.2) is 0 Å². The van der Waals surface area contributed by atoms with E-state index in [4.69, 9.17) is 4.42 Å². The van der Waals surface area contributed by atoms with Crippen LogP contribution in [0.1, 0.15) is 0 Å². The van der Waals surface area contributed by atoms with E-state index in [0.717, 1.165) is 61.2 Å². The zero-order valence-corrected chi connectivity index (χ0v) is 29.9. The topological polar surface area (TPSA) is 21.3 Å². The number of rotatable bonds is 6. The Labute approximate surface area is 318 Å². The van der Waals surface area contributed by atoms with Crippen LogP contribution in [0.15, 0.2) is 211 Å². The van der Waals surface area contributed by atoms with Crippen molar-refractivity contribution in [2.75, 3.05) is 4.90 Å². The van der Waals surface area contributed by atoms with Gasteiger partial charge < -0.3 is 13.9 Å². The maximum atomic E-state index is 6.67. The number of para-hydroxylation sites is 4. The number of aromatic nitrogens is 1. The van der Waals surface area contributed by atoms with Gasteiger partial charge >= 0.3 is 0 Å². The number of nitrogens with zero attached hydrogens (tertiary/aromatic N) is 2. The van der Waals surface area contributed by atoms with Gasteiger partial charge in [-0.3, -0.25) is 0 Å². The molecule has 0 unspecified atom stereocenters. The lowest BCUT2D eigenvalue weighted by atomic mass is 10.0. The van der Waals surface area contributed by atoms with E-state index < -0.39 is 0 Å². The number of hydrogen-bond acceptors (Lipinski definition) is 2. The van der Waals surface area contributed by atoms with Gasteiger partial charge in [-0.15, -0.1) is 0 Å². The van der Waals surface area contributed by atoms with Crippen molar-refractivity contribution in [3.63, 3.8) is 0 Å². The van der Waals surface area contributed by atoms with Gasteiger partial charge in [-0.2, -0.15) is 0 Å². The molecule has 0 saturated heterocycles. The fraction of sp³-hybridized carbons (Fsp3) is 0. The Morgan fingerprint density at radius 3 is 1.64 bits per heavy atom. The first kappa shape index (κ1) is 31.2. The normalized spacial score (nSPS) is 11.6. The molecule has 0 aliphatic rings. The molecule has 2 aromatic heterocycles. The molecule has 0 N–H and O–H groups in total. The van der Waals surface area contributed by atoms with Crippen molar-refractivity contribution in [3.8, 4) is 27.9 Å². The van der Waals surface area contributed by atoms with Crippen molar-refractivity contribution in [1.29, 1.82) is 0 Å². The number of benzene rings is 9. The monoisotopic (exact) mass is 702 g/mol. The fourth-order valence-electron chi connectivity index (χ4n) is 8.40. The molecular weight excluding hydrogens is 669 g/mol. The van der Waals surface area contributed by atoms with E-state index in [9.17, 15) is 0 Å². The maximum Gasteiger partial charge on any atom is 0.143 e. The fourth-order valence-corrected chi connectivity index (χ4v) is 8.40. The lowest BCUT2D eigenvalue weighted by molar-refractivity contribution is 0.674. The van der Waals surface area contributed by atoms with Crippen LogP contribution >= 0.6 is 0 Å². The minimum atomic E-state index is 0.916. The molecule has 0 bridgehead atoms. The van der Waals surface area contributed by atoms with E-state index in [1.165, 1.54) is 38.3 Å². The van der Waals surface area contributed by atoms with Crippen LogP contribution in [0.2, 0.25) is 0 Å². The summed E-state index contributed by atoms with van der Waals surface area (Å²) >= 11 is 0. The van der Waals surface area contributed by atoms with Crippen LogP contribution in [0.3, 0.4) is 0 Å². The first-order valence-electron chi connectivity index (χ1n) is 18.8. The van der Waals surface area contributed by atoms with Gasteiger partial charge in [-0.05, 0) is 88.8 Å². The first-order chi connectivity index (χ1) is 27.3. The van der Waals surface area contributed by atoms with Gasteiger partial charge in [0.05, 0.1) is 11.0 Å². The Bertz CT molecular complexity index is 3140. The minimum Gasteiger partial charge on any atom is -0.455 e. The second kappa shape index (κ2) is 12.6. The third kappa shape index (κ3) is 5.13. The molecule has 0 saturated carbocycles. The number of hydrogen-bond donors (Lipinski definition) is 0. The molecule has 0 amide bonds. The molecule has 3 heteroatoms. The van der Waals surface area contributed by atoms with Crippen LogP contribution in [-0.4, -0.2) is 4.57 Å². The molecule has 0 aliphatic heterocycles. The van der Waals surface area contributed by atoms with Crippen molar-refractivity contribution in [2.45, 2.75) is 0 Å². The van der Waals surface area contributed by atoms with Crippen molar-refractivity contribution in [3.05, 3.63) is 206 Å². The largest absolute Gasteiger partial charge is 0.455 e. The second-order valence-electron chi connectivity index (χ2n) is 14.1. The van der Waals surface area contributed by atoms with E-state index in [1.807, 2.05) is 0 Å². The first-order valence-corrected chi connectivity index (χ1v) is 18.8. The Kier molecular flexibility index (Phi) is 7.17. The molecule has 55 heavy (non-hydrogen) atoms. The summed E-state index contributed by atoms with van der Waals surface area (Å²) in [6.07, 6.45) is 0. The summed E-state index contributed by atoms with van der Waals surface area (Å²) in [5.74, 6) is 0. The zero-order valence-electron chi connectivity index (χ0n) is 29.9. The van der Waals surface area contributed by atoms with Crippen LogP contribution in [0.4, 0.5) is 17.1 Å². The quantitative estimate of drug-likeness (QED) is 0.172. The Morgan fingerprint density at radius 2 is 0.909 bits per heavy atom. The van der Waals surface area contributed by atoms with E-state index in [1.54, 1.807) is 0 Å². The summed E-state index contributed by atoms with van der Waals surface area (Å²) in [7, 11) is 0. The molecule has 0 atom stereocenters. The number of fused-ring (bicyclic) bond motifs is 8. The van der Waals surface area contributed by atoms with Gasteiger partial charge in [0, 0.05) is 55.2 Å². The third-order valence-corrected chi connectivity index (χ3v) is 11.0. The van der Waals surface area contributed by atoms with Gasteiger partial charge in [0.1, 0.15) is 11.2 Å². The molecule has 11 rings (SSSR count). The molecule has 0 fully saturated rings. The Hall–Kier alpha value is -7.36. The third-order valence-electron chi connectivity index (χ3n) is 11.0. The van der Waals surface area contributed by atoms with E-state index in [2.05, 4.69) is 216 Å². The van der Waals surface area contributed by atoms with Crippen molar-refractivity contribution >= 4 is 71.6 Å². The Morgan fingerprint density at radius 1 is 0.345 bits per heavy atom. The molecule has 0 aliphatic carbocycles. The molecule has 2 heterocycles. The summed E-state index contributed by atoms with van der Waals surface area (Å²) in [4.78, 5) is 2.32. The van der Waals surface area contributed by atoms with E-state index in [0.29, 0.717) is 0 Å². The molecular formula is C52H34N2O. The SMILES string of the molecule is c1ccc(N(c2ccc(-c3cccc(-n4c5ccccc5c5ccccc54)c3)cc2)c2ccc(-c3cccc4c3oc3c5ccccc5ccc43)cc2)cc1. The summed E-state index contributed by atoms with van der Waals surface area (Å²) in [6, 6.07) is 73.8. The lowest BCUT2D eigenvalue weighted by Gasteiger charge is -2.26. The number of anilines is 3. The number of furan rings is 1. The highest BCUT2D eigenvalue weighted by Crippen LogP contribution is 2.41. The Balaban J connectivity index is 0.955. The van der Waals surface area contributed by atoms with Crippen LogP contribution in [0.5, 0.6) is 0 Å². The summed E-state index contributed by atoms with van der Waals surface area (Å²) in [6.45, 7) is 0. The van der Waals surface area contributed by atoms with Gasteiger partial charge in [0.25, 0.3) is 0 Å². The summed E-state index contributed by atoms with van der Waals surface area (Å²) < 4.78 is 9.04. The van der Waals surface area contributed by atoms with Gasteiger partial charge in [-0.1, -0.05) is 140 Å². The second-order valence-corrected chi connectivity index (χ2v) is 14.1. The molecule has 11 aromatic rings. The summed E-state index contributed by atoms with van der Waals surface area (Å²) in [5, 5.41) is 7.13. The zero-order chi connectivity index (χ0) is 36.3. The molecule has 9 aromatic carbocycles. The van der Waals surface area contributed by atoms with Crippen LogP contribution in [0.25, 0.3) is 82.5 Å². The van der Waals surface area contributed by atoms with Crippen molar-refractivity contribution in [1.82, 2.24) is 4.57 Å². The molecule has 258 valence electrons. The van der Waals surface area contributed by atoms with Crippen LogP contribution in [0, 0.1) is 0 Å². The average Bonchev–Trinajstić information content (AvgIpc) is 3.81. The van der Waals surface area contributed by atoms with E-state index in [-0.39, 0.29) is 0 Å². The molecule has 0 radical (unpaired) electrons. The smallest absolute Gasteiger partial charge is 0.143 e. The van der Waals surface area contributed by atoms with Gasteiger partial charge in [0.2, 0.25) is 0 Å². The minimum absolute atomic E-state index is 0.916. The average molecular weight is 703 g/mol. The highest BCUT2D eigenvalue weighted by Gasteiger charge is 2.17. The van der Waals surface area contributed by atoms with Crippen molar-refractivity contribution in [2.24, 2.45) is 0 Å². The molecule has 3 nitrogen and oxygen atoms in total. The standard InChI is InChI=1S/C52H34N2O/c1-2-14-39(15-3-1)53(41-31-26-37(27-32-41)44-20-11-21-47-48-33-28-36-12-4-5-17-43(36)52(48)55-51(44)47)40-29-24-35(25-30-40)38-13-10-16-42(34-38)54-49-22-8-6-18-45(49)46-19-7-9-23-50(46)54/h1-34H. The van der Waals surface area contributed by atoms with Gasteiger partial charge in [0.15, 0.2) is 0 Å². The highest BCUT2D eigenvalue weighted by atomic mass is 16.3. The van der Waals surface area contributed by atoms with E-state index >= 15 is 0 Å². The lowest BCUT2D eigenvalue weighted by Crippen LogP contribution is -2.09. The van der Waals surface area contributed by atoms with Crippen molar-refractivity contribution < 1.29 is 4.42 Å². The van der Waals surface area contributed by atoms with Crippen LogP contribution in [-0.2, 0) is 0 Å². The summed E-state index contributed by atoms with van der Waals surface area (Å²) in [5.41, 5.74) is 13.2. The molecule has 0 spiro atoms. The van der Waals surface area contributed by atoms with Crippen LogP contribution < -0.4 is 4.90 Å². The highest BCUT2D eigenvalue weighted by molar-refractivity contribution is 6.17. The predicted octanol–water partition coefficient (Wildman–Crippen LogP) is 14.6. The predicted molar refractivity (Wildman–Crippen MR) is 231 cm³/mol.